The zero-order valence-electron chi connectivity index (χ0n) is 10.0. The number of hydrogen-bond acceptors (Lipinski definition) is 1. The molecule has 1 rings (SSSR count). The predicted molar refractivity (Wildman–Crippen MR) is 69.4 cm³/mol. The van der Waals surface area contributed by atoms with Gasteiger partial charge in [0.05, 0.1) is 14.9 Å². The van der Waals surface area contributed by atoms with Gasteiger partial charge in [0.25, 0.3) is 0 Å². The van der Waals surface area contributed by atoms with E-state index < -0.39 is 8.80 Å². The van der Waals surface area contributed by atoms with Crippen LogP contribution in [0.2, 0.25) is 13.1 Å². The van der Waals surface area contributed by atoms with Gasteiger partial charge in [0, 0.05) is 0 Å². The minimum absolute atomic E-state index is 0.233. The van der Waals surface area contributed by atoms with Crippen LogP contribution < -0.4 is 9.92 Å². The molecule has 0 aliphatic carbocycles. The smallest absolute Gasteiger partial charge is 0.119 e. The van der Waals surface area contributed by atoms with Crippen molar-refractivity contribution in [3.05, 3.63) is 30.3 Å². The topological polar surface area (TPSA) is 9.23 Å². The Morgan fingerprint density at radius 2 is 2.00 bits per heavy atom. The van der Waals surface area contributed by atoms with Crippen LogP contribution in [0.3, 0.4) is 0 Å². The van der Waals surface area contributed by atoms with Gasteiger partial charge >= 0.3 is 0 Å². The van der Waals surface area contributed by atoms with Gasteiger partial charge in [0.2, 0.25) is 0 Å². The molecule has 0 heterocycles. The first-order chi connectivity index (χ1) is 7.04. The highest BCUT2D eigenvalue weighted by molar-refractivity contribution is 6.71. The number of ether oxygens (including phenoxy) is 1. The summed E-state index contributed by atoms with van der Waals surface area (Å²) in [7, 11) is -0.463. The Hall–Kier alpha value is -1.02. The van der Waals surface area contributed by atoms with Crippen LogP contribution in [0.1, 0.15) is 19.4 Å². The summed E-state index contributed by atoms with van der Waals surface area (Å²) in [5.74, 6) is 0.969. The molecule has 0 unspecified atom stereocenters. The molecule has 0 aliphatic rings. The fraction of sp³-hybridized carbons (Fsp3) is 0.385. The van der Waals surface area contributed by atoms with Crippen LogP contribution in [0.4, 0.5) is 0 Å². The van der Waals surface area contributed by atoms with E-state index in [1.54, 1.807) is 0 Å². The van der Waals surface area contributed by atoms with Gasteiger partial charge < -0.3 is 4.74 Å². The fourth-order valence-electron chi connectivity index (χ4n) is 1.49. The third-order valence-corrected chi connectivity index (χ3v) is 3.67. The van der Waals surface area contributed by atoms with Crippen molar-refractivity contribution in [1.29, 1.82) is 0 Å². The maximum absolute atomic E-state index is 5.69. The molecule has 0 N–H and O–H groups in total. The van der Waals surface area contributed by atoms with Crippen molar-refractivity contribution in [3.8, 4) is 5.75 Å². The summed E-state index contributed by atoms with van der Waals surface area (Å²) in [6.45, 7) is 12.5. The Balaban J connectivity index is 3.04. The molecule has 81 valence electrons. The van der Waals surface area contributed by atoms with Crippen molar-refractivity contribution in [2.24, 2.45) is 0 Å². The Kier molecular flexibility index (Phi) is 4.15. The van der Waals surface area contributed by atoms with Crippen molar-refractivity contribution < 1.29 is 4.74 Å². The van der Waals surface area contributed by atoms with Gasteiger partial charge in [-0.3, -0.25) is 0 Å². The lowest BCUT2D eigenvalue weighted by Gasteiger charge is -2.14. The third-order valence-electron chi connectivity index (χ3n) is 2.16. The zero-order valence-corrected chi connectivity index (χ0v) is 11.0. The molecule has 1 nitrogen and oxygen atoms in total. The lowest BCUT2D eigenvalue weighted by molar-refractivity contribution is 0.242. The van der Waals surface area contributed by atoms with Crippen LogP contribution in [-0.4, -0.2) is 14.9 Å². The van der Waals surface area contributed by atoms with Crippen LogP contribution in [0.15, 0.2) is 24.8 Å². The van der Waals surface area contributed by atoms with Gasteiger partial charge in [-0.15, -0.1) is 0 Å². The maximum atomic E-state index is 5.69. The second kappa shape index (κ2) is 5.17. The first-order valence-corrected chi connectivity index (χ1v) is 7.78. The van der Waals surface area contributed by atoms with Crippen molar-refractivity contribution in [2.75, 3.05) is 0 Å². The third kappa shape index (κ3) is 3.24. The Morgan fingerprint density at radius 1 is 1.33 bits per heavy atom. The molecule has 0 saturated heterocycles. The maximum Gasteiger partial charge on any atom is 0.119 e. The minimum atomic E-state index is -0.463. The van der Waals surface area contributed by atoms with E-state index in [0.29, 0.717) is 0 Å². The minimum Gasteiger partial charge on any atom is -0.491 e. The second-order valence-corrected chi connectivity index (χ2v) is 6.66. The molecule has 0 fully saturated rings. The molecule has 0 aromatic heterocycles. The van der Waals surface area contributed by atoms with Crippen LogP contribution in [-0.2, 0) is 0 Å². The van der Waals surface area contributed by atoms with E-state index in [-0.39, 0.29) is 6.10 Å². The van der Waals surface area contributed by atoms with Crippen LogP contribution >= 0.6 is 0 Å². The van der Waals surface area contributed by atoms with E-state index in [4.69, 9.17) is 4.74 Å². The van der Waals surface area contributed by atoms with Crippen LogP contribution in [0.5, 0.6) is 5.75 Å². The molecule has 1 radical (unpaired) electrons. The summed E-state index contributed by atoms with van der Waals surface area (Å²) in [6, 6.07) is 6.27. The summed E-state index contributed by atoms with van der Waals surface area (Å²) in [5.41, 5.74) is 1.24. The Bertz CT molecular complexity index is 342. The predicted octanol–water partition coefficient (Wildman–Crippen LogP) is 3.08. The molecule has 15 heavy (non-hydrogen) atoms. The molecule has 0 spiro atoms. The highest BCUT2D eigenvalue weighted by Crippen LogP contribution is 2.13. The quantitative estimate of drug-likeness (QED) is 0.707. The van der Waals surface area contributed by atoms with Gasteiger partial charge in [-0.2, -0.15) is 0 Å². The summed E-state index contributed by atoms with van der Waals surface area (Å²) >= 11 is 0. The largest absolute Gasteiger partial charge is 0.491 e. The van der Waals surface area contributed by atoms with E-state index >= 15 is 0 Å². The first-order valence-electron chi connectivity index (χ1n) is 5.28. The Labute approximate surface area is 94.4 Å². The average Bonchev–Trinajstić information content (AvgIpc) is 2.16. The lowest BCUT2D eigenvalue weighted by Crippen LogP contribution is -2.25. The van der Waals surface area contributed by atoms with Crippen molar-refractivity contribution >= 4 is 20.1 Å². The summed E-state index contributed by atoms with van der Waals surface area (Å²) in [4.78, 5) is 0. The van der Waals surface area contributed by atoms with Gasteiger partial charge in [-0.1, -0.05) is 37.0 Å². The monoisotopic (exact) mass is 219 g/mol. The molecule has 0 bridgehead atoms. The van der Waals surface area contributed by atoms with E-state index in [1.165, 1.54) is 10.8 Å². The number of rotatable bonds is 4. The first kappa shape index (κ1) is 12.0. The number of hydrogen-bond donors (Lipinski definition) is 0. The standard InChI is InChI=1S/C13H19OSi/c1-6-11-7-8-12(14-10(2)3)9-13(11)15(4)5/h6-10H,1H2,2-5H3. The SMILES string of the molecule is C=Cc1ccc(OC(C)C)cc1[Si](C)C. The fourth-order valence-corrected chi connectivity index (χ4v) is 2.69. The zero-order chi connectivity index (χ0) is 11.4. The van der Waals surface area contributed by atoms with Gasteiger partial charge in [0.1, 0.15) is 5.75 Å². The summed E-state index contributed by atoms with van der Waals surface area (Å²) in [5, 5.41) is 1.40. The summed E-state index contributed by atoms with van der Waals surface area (Å²) < 4.78 is 5.69. The Morgan fingerprint density at radius 3 is 2.47 bits per heavy atom. The van der Waals surface area contributed by atoms with Crippen LogP contribution in [0.25, 0.3) is 6.08 Å². The molecule has 0 atom stereocenters. The molecule has 0 amide bonds. The lowest BCUT2D eigenvalue weighted by atomic mass is 10.2. The molecule has 1 aromatic carbocycles. The van der Waals surface area contributed by atoms with E-state index in [0.717, 1.165) is 5.75 Å². The molecule has 0 saturated carbocycles. The van der Waals surface area contributed by atoms with E-state index in [2.05, 4.69) is 31.8 Å². The highest BCUT2D eigenvalue weighted by atomic mass is 28.3. The van der Waals surface area contributed by atoms with Gasteiger partial charge in [-0.05, 0) is 31.5 Å². The molecular formula is C13H19OSi. The molecule has 2 heteroatoms. The summed E-state index contributed by atoms with van der Waals surface area (Å²) in [6.07, 6.45) is 2.16. The normalized spacial score (nSPS) is 10.8. The highest BCUT2D eigenvalue weighted by Gasteiger charge is 2.08. The average molecular weight is 219 g/mol. The van der Waals surface area contributed by atoms with E-state index in [1.807, 2.05) is 26.0 Å². The van der Waals surface area contributed by atoms with Crippen LogP contribution in [0, 0.1) is 0 Å². The van der Waals surface area contributed by atoms with Crippen molar-refractivity contribution in [2.45, 2.75) is 33.0 Å². The second-order valence-electron chi connectivity index (χ2n) is 4.12. The van der Waals surface area contributed by atoms with Gasteiger partial charge in [-0.25, -0.2) is 0 Å². The number of benzene rings is 1. The van der Waals surface area contributed by atoms with Crippen molar-refractivity contribution in [3.63, 3.8) is 0 Å². The molecular weight excluding hydrogens is 200 g/mol. The molecule has 0 aliphatic heterocycles. The van der Waals surface area contributed by atoms with E-state index in [9.17, 15) is 0 Å². The van der Waals surface area contributed by atoms with Crippen molar-refractivity contribution in [1.82, 2.24) is 0 Å². The van der Waals surface area contributed by atoms with Gasteiger partial charge in [0.15, 0.2) is 0 Å². The molecule has 1 aromatic rings.